The average Bonchev–Trinajstić information content (AvgIpc) is 2.85. The molecule has 2 unspecified atom stereocenters. The first kappa shape index (κ1) is 27.2. The summed E-state index contributed by atoms with van der Waals surface area (Å²) in [4.78, 5) is 19.4. The number of hydrogen-bond acceptors (Lipinski definition) is 4. The molecule has 0 radical (unpaired) electrons. The van der Waals surface area contributed by atoms with Crippen LogP contribution < -0.4 is 0 Å². The van der Waals surface area contributed by atoms with Crippen LogP contribution in [0.5, 0.6) is 0 Å². The Hall–Kier alpha value is -2.07. The van der Waals surface area contributed by atoms with Gasteiger partial charge in [-0.2, -0.15) is 4.79 Å². The van der Waals surface area contributed by atoms with Crippen LogP contribution in [0, 0.1) is 5.92 Å². The number of nitrogens with zero attached hydrogens (tertiary/aromatic N) is 3. The second-order valence-corrected chi connectivity index (χ2v) is 9.30. The predicted molar refractivity (Wildman–Crippen MR) is 133 cm³/mol. The van der Waals surface area contributed by atoms with Gasteiger partial charge in [0.25, 0.3) is 0 Å². The number of ketones is 1. The molecular weight excluding hydrogens is 414 g/mol. The maximum absolute atomic E-state index is 13.6. The Kier molecular flexibility index (Phi) is 12.3. The number of carbonyl (C=O) groups excluding carboxylic acids is 1. The maximum atomic E-state index is 13.6. The van der Waals surface area contributed by atoms with Gasteiger partial charge in [-0.25, -0.2) is 0 Å². The lowest BCUT2D eigenvalue weighted by Gasteiger charge is -2.40. The second kappa shape index (κ2) is 15.0. The first-order valence-corrected chi connectivity index (χ1v) is 13.3. The van der Waals surface area contributed by atoms with Gasteiger partial charge in [0.05, 0.1) is 25.0 Å². The molecule has 1 saturated heterocycles. The van der Waals surface area contributed by atoms with Gasteiger partial charge in [0.1, 0.15) is 12.2 Å². The highest BCUT2D eigenvalue weighted by Gasteiger charge is 2.37. The van der Waals surface area contributed by atoms with Crippen LogP contribution in [0.15, 0.2) is 23.3 Å². The van der Waals surface area contributed by atoms with E-state index in [0.29, 0.717) is 36.9 Å². The van der Waals surface area contributed by atoms with Gasteiger partial charge < -0.3 is 19.9 Å². The quantitative estimate of drug-likeness (QED) is 0.161. The van der Waals surface area contributed by atoms with Gasteiger partial charge >= 0.3 is 5.71 Å². The topological polar surface area (TPSA) is 75.2 Å². The van der Waals surface area contributed by atoms with Crippen LogP contribution in [-0.2, 0) is 14.3 Å². The van der Waals surface area contributed by atoms with Gasteiger partial charge in [-0.15, -0.1) is 0 Å². The molecule has 2 rings (SSSR count). The Morgan fingerprint density at radius 3 is 2.42 bits per heavy atom. The number of rotatable bonds is 15. The lowest BCUT2D eigenvalue weighted by molar-refractivity contribution is -0.129. The van der Waals surface area contributed by atoms with Gasteiger partial charge in [-0.05, 0) is 44.9 Å². The molecule has 0 aromatic rings. The molecule has 0 aromatic heterocycles. The van der Waals surface area contributed by atoms with Crippen LogP contribution in [0.1, 0.15) is 105 Å². The Morgan fingerprint density at radius 2 is 1.79 bits per heavy atom. The summed E-state index contributed by atoms with van der Waals surface area (Å²) in [6.07, 6.45) is 13.4. The molecule has 0 saturated carbocycles. The zero-order chi connectivity index (χ0) is 24.1. The summed E-state index contributed by atoms with van der Waals surface area (Å²) in [7, 11) is 0. The van der Waals surface area contributed by atoms with Crippen molar-refractivity contribution in [2.75, 3.05) is 19.8 Å². The van der Waals surface area contributed by atoms with Crippen molar-refractivity contribution in [3.05, 3.63) is 28.8 Å². The second-order valence-electron chi connectivity index (χ2n) is 9.30. The largest absolute Gasteiger partial charge is 0.495 e. The summed E-state index contributed by atoms with van der Waals surface area (Å²) >= 11 is 0. The normalized spacial score (nSPS) is 19.8. The highest BCUT2D eigenvalue weighted by Crippen LogP contribution is 2.33. The van der Waals surface area contributed by atoms with Crippen molar-refractivity contribution in [2.45, 2.75) is 111 Å². The molecule has 2 aliphatic rings. The van der Waals surface area contributed by atoms with Crippen LogP contribution in [0.2, 0.25) is 0 Å². The van der Waals surface area contributed by atoms with E-state index in [1.807, 2.05) is 6.08 Å². The third kappa shape index (κ3) is 7.74. The third-order valence-corrected chi connectivity index (χ3v) is 6.76. The van der Waals surface area contributed by atoms with Crippen molar-refractivity contribution in [1.82, 2.24) is 4.90 Å². The van der Waals surface area contributed by atoms with Crippen molar-refractivity contribution in [3.8, 4) is 0 Å². The molecule has 0 spiro atoms. The molecule has 0 N–H and O–H groups in total. The van der Waals surface area contributed by atoms with E-state index in [9.17, 15) is 10.3 Å². The van der Waals surface area contributed by atoms with Crippen molar-refractivity contribution in [3.63, 3.8) is 0 Å². The fraction of sp³-hybridized carbons (Fsp3) is 0.778. The lowest BCUT2D eigenvalue weighted by atomic mass is 9.85. The van der Waals surface area contributed by atoms with Crippen molar-refractivity contribution < 1.29 is 19.1 Å². The fourth-order valence-corrected chi connectivity index (χ4v) is 4.65. The number of hydrogen-bond donors (Lipinski definition) is 0. The van der Waals surface area contributed by atoms with Gasteiger partial charge in [0.15, 0.2) is 5.78 Å². The highest BCUT2D eigenvalue weighted by atomic mass is 16.5. The number of likely N-dealkylation sites (tertiary alicyclic amines) is 1. The average molecular weight is 460 g/mol. The zero-order valence-electron chi connectivity index (χ0n) is 21.4. The molecule has 1 aliphatic heterocycles. The predicted octanol–water partition coefficient (Wildman–Crippen LogP) is 6.43. The summed E-state index contributed by atoms with van der Waals surface area (Å²) in [5, 5.41) is 0. The Bertz CT molecular complexity index is 737. The molecule has 0 amide bonds. The third-order valence-electron chi connectivity index (χ3n) is 6.76. The minimum Gasteiger partial charge on any atom is -0.495 e. The summed E-state index contributed by atoms with van der Waals surface area (Å²) in [5.41, 5.74) is 11.1. The van der Waals surface area contributed by atoms with E-state index in [0.717, 1.165) is 88.6 Å². The molecular formula is C27H45N3O3. The Labute approximate surface area is 201 Å². The number of ether oxygens (including phenoxy) is 2. The van der Waals surface area contributed by atoms with E-state index in [1.165, 1.54) is 0 Å². The maximum Gasteiger partial charge on any atom is 0.341 e. The lowest BCUT2D eigenvalue weighted by Crippen LogP contribution is -2.47. The van der Waals surface area contributed by atoms with Crippen LogP contribution in [0.25, 0.3) is 5.53 Å². The molecule has 6 nitrogen and oxygen atoms in total. The van der Waals surface area contributed by atoms with E-state index < -0.39 is 0 Å². The fourth-order valence-electron chi connectivity index (χ4n) is 4.65. The van der Waals surface area contributed by atoms with Crippen molar-refractivity contribution in [1.29, 1.82) is 0 Å². The molecule has 1 fully saturated rings. The van der Waals surface area contributed by atoms with Crippen molar-refractivity contribution >= 4 is 11.5 Å². The molecule has 1 aliphatic carbocycles. The van der Waals surface area contributed by atoms with Crippen LogP contribution in [-0.4, -0.2) is 47.0 Å². The molecule has 186 valence electrons. The first-order chi connectivity index (χ1) is 16.1. The number of carbonyl (C=O) groups is 1. The molecule has 1 heterocycles. The molecule has 33 heavy (non-hydrogen) atoms. The van der Waals surface area contributed by atoms with Gasteiger partial charge in [-0.1, -0.05) is 53.4 Å². The van der Waals surface area contributed by atoms with Crippen LogP contribution in [0.4, 0.5) is 0 Å². The molecule has 0 aromatic carbocycles. The van der Waals surface area contributed by atoms with E-state index >= 15 is 0 Å². The van der Waals surface area contributed by atoms with Gasteiger partial charge in [0, 0.05) is 18.5 Å². The van der Waals surface area contributed by atoms with Crippen LogP contribution >= 0.6 is 0 Å². The first-order valence-electron chi connectivity index (χ1n) is 13.3. The molecule has 0 bridgehead atoms. The molecule has 6 heteroatoms. The van der Waals surface area contributed by atoms with Crippen LogP contribution in [0.3, 0.4) is 0 Å². The zero-order valence-corrected chi connectivity index (χ0v) is 21.4. The van der Waals surface area contributed by atoms with E-state index in [4.69, 9.17) is 9.47 Å². The van der Waals surface area contributed by atoms with Gasteiger partial charge in [-0.3, -0.25) is 4.79 Å². The highest BCUT2D eigenvalue weighted by molar-refractivity contribution is 5.97. The van der Waals surface area contributed by atoms with Crippen molar-refractivity contribution in [2.24, 2.45) is 5.92 Å². The number of piperidine rings is 1. The minimum absolute atomic E-state index is 0.114. The van der Waals surface area contributed by atoms with E-state index in [1.54, 1.807) is 0 Å². The molecule has 2 atom stereocenters. The summed E-state index contributed by atoms with van der Waals surface area (Å²) < 4.78 is 12.2. The summed E-state index contributed by atoms with van der Waals surface area (Å²) in [6, 6.07) is -0.124. The number of allylic oxidation sites excluding steroid dienone is 3. The summed E-state index contributed by atoms with van der Waals surface area (Å²) in [6.45, 7) is 10.6. The van der Waals surface area contributed by atoms with E-state index in [2.05, 4.69) is 37.4 Å². The minimum atomic E-state index is -0.124. The Morgan fingerprint density at radius 1 is 1.09 bits per heavy atom. The van der Waals surface area contributed by atoms with Gasteiger partial charge in [0.2, 0.25) is 5.76 Å². The number of unbranched alkanes of at least 4 members (excludes halogenated alkanes) is 3. The summed E-state index contributed by atoms with van der Waals surface area (Å²) in [5.74, 6) is 1.87. The standard InChI is InChI=1S/C27H45N3O3/c1-5-9-14-21(8-4)27(31)23-15-12-13-16-30(23)24-20-25(32-17-10-6-2)22(29-28)19-26(24)33-18-11-7-3/h20-21,23H,5-19H2,1-4H3. The Balaban J connectivity index is 2.39. The SMILES string of the molecule is CCCCOC1=CC(N2CCCCC2C(=O)C(CC)CCCC)=C(OCCCC)CC1=[N+]=[N-]. The van der Waals surface area contributed by atoms with E-state index in [-0.39, 0.29) is 12.0 Å². The monoisotopic (exact) mass is 459 g/mol. The number of Topliss-reactive ketones (excluding diaryl/α,β-unsaturated/α-hetero) is 1. The smallest absolute Gasteiger partial charge is 0.341 e.